The second-order valence-electron chi connectivity index (χ2n) is 2.58. The topological polar surface area (TPSA) is 18.5 Å². The van der Waals surface area contributed by atoms with E-state index in [-0.39, 0.29) is 0 Å². The zero-order valence-corrected chi connectivity index (χ0v) is 5.93. The Hall–Kier alpha value is -0.500. The van der Waals surface area contributed by atoms with E-state index in [0.717, 1.165) is 37.9 Å². The van der Waals surface area contributed by atoms with E-state index < -0.39 is 0 Å². The van der Waals surface area contributed by atoms with Gasteiger partial charge in [0.15, 0.2) is 6.10 Å². The van der Waals surface area contributed by atoms with Crippen LogP contribution in [0.25, 0.3) is 0 Å². The van der Waals surface area contributed by atoms with E-state index in [9.17, 15) is 0 Å². The maximum atomic E-state index is 5.41. The Morgan fingerprint density at radius 2 is 2.10 bits per heavy atom. The Morgan fingerprint density at radius 3 is 3.00 bits per heavy atom. The van der Waals surface area contributed by atoms with Crippen LogP contribution >= 0.6 is 0 Å². The lowest BCUT2D eigenvalue weighted by Crippen LogP contribution is -2.21. The summed E-state index contributed by atoms with van der Waals surface area (Å²) < 4.78 is 10.8. The van der Waals surface area contributed by atoms with Gasteiger partial charge in [0.05, 0.1) is 6.61 Å². The fraction of sp³-hybridized carbons (Fsp3) is 0.625. The number of allylic oxidation sites excluding steroid dienone is 1. The minimum atomic E-state index is 0.718. The highest BCUT2D eigenvalue weighted by Crippen LogP contribution is 2.30. The van der Waals surface area contributed by atoms with Gasteiger partial charge >= 0.3 is 0 Å². The zero-order chi connectivity index (χ0) is 6.81. The summed E-state index contributed by atoms with van der Waals surface area (Å²) in [6, 6.07) is 0. The molecule has 1 saturated heterocycles. The molecule has 55 valence electrons. The number of fused-ring (bicyclic) bond motifs is 1. The molecule has 2 aliphatic rings. The molecule has 0 bridgehead atoms. The van der Waals surface area contributed by atoms with E-state index in [4.69, 9.17) is 9.47 Å². The maximum absolute atomic E-state index is 5.41. The molecule has 0 saturated carbocycles. The molecule has 0 aromatic rings. The molecule has 0 aromatic heterocycles. The maximum Gasteiger partial charge on any atom is 0.161 e. The van der Waals surface area contributed by atoms with Crippen LogP contribution in [-0.4, -0.2) is 13.2 Å². The van der Waals surface area contributed by atoms with E-state index >= 15 is 0 Å². The third-order valence-corrected chi connectivity index (χ3v) is 1.83. The summed E-state index contributed by atoms with van der Waals surface area (Å²) in [6.07, 6.45) is 6.60. The zero-order valence-electron chi connectivity index (χ0n) is 5.93. The van der Waals surface area contributed by atoms with Crippen molar-refractivity contribution in [3.8, 4) is 0 Å². The van der Waals surface area contributed by atoms with Crippen LogP contribution in [0.15, 0.2) is 11.8 Å². The van der Waals surface area contributed by atoms with E-state index in [1.807, 2.05) is 0 Å². The molecule has 10 heavy (non-hydrogen) atoms. The predicted octanol–water partition coefficient (Wildman–Crippen LogP) is 1.63. The highest BCUT2D eigenvalue weighted by molar-refractivity contribution is 5.17. The lowest BCUT2D eigenvalue weighted by Gasteiger charge is -2.27. The van der Waals surface area contributed by atoms with Crippen LogP contribution in [0.5, 0.6) is 0 Å². The van der Waals surface area contributed by atoms with Crippen molar-refractivity contribution in [1.82, 2.24) is 0 Å². The Balaban J connectivity index is 2.08. The summed E-state index contributed by atoms with van der Waals surface area (Å²) in [5.74, 6) is 0.998. The largest absolute Gasteiger partial charge is 0.493 e. The summed E-state index contributed by atoms with van der Waals surface area (Å²) >= 11 is 0. The molecule has 1 aliphatic heterocycles. The van der Waals surface area contributed by atoms with Crippen LogP contribution in [-0.2, 0) is 9.47 Å². The van der Waals surface area contributed by atoms with Gasteiger partial charge < -0.3 is 9.47 Å². The van der Waals surface area contributed by atoms with Crippen molar-refractivity contribution in [3.05, 3.63) is 17.9 Å². The number of hydrogen-bond acceptors (Lipinski definition) is 2. The average molecular weight is 139 g/mol. The number of rotatable bonds is 0. The van der Waals surface area contributed by atoms with Crippen molar-refractivity contribution in [1.29, 1.82) is 0 Å². The summed E-state index contributed by atoms with van der Waals surface area (Å²) in [6.45, 7) is 1.45. The third kappa shape index (κ3) is 1.03. The molecule has 0 amide bonds. The first-order chi connectivity index (χ1) is 4.97. The molecule has 1 heterocycles. The molecule has 0 N–H and O–H groups in total. The van der Waals surface area contributed by atoms with Gasteiger partial charge in [0, 0.05) is 0 Å². The quantitative estimate of drug-likeness (QED) is 0.508. The first kappa shape index (κ1) is 6.23. The second kappa shape index (κ2) is 2.62. The molecule has 0 atom stereocenters. The summed E-state index contributed by atoms with van der Waals surface area (Å²) in [4.78, 5) is 0. The molecule has 0 spiro atoms. The van der Waals surface area contributed by atoms with Crippen LogP contribution in [0.2, 0.25) is 0 Å². The van der Waals surface area contributed by atoms with E-state index in [1.165, 1.54) is 6.42 Å². The standard InChI is InChI=1S/C8H11O2/c1-2-4-8-7(3-1)9-5-6-10-8/h3H,1-2,4-6H2. The van der Waals surface area contributed by atoms with Crippen molar-refractivity contribution in [2.75, 3.05) is 13.2 Å². The number of hydrogen-bond donors (Lipinski definition) is 0. The molecule has 2 heteroatoms. The third-order valence-electron chi connectivity index (χ3n) is 1.83. The van der Waals surface area contributed by atoms with Gasteiger partial charge in [0.1, 0.15) is 12.4 Å². The predicted molar refractivity (Wildman–Crippen MR) is 37.1 cm³/mol. The van der Waals surface area contributed by atoms with E-state index in [1.54, 1.807) is 0 Å². The van der Waals surface area contributed by atoms with Crippen LogP contribution < -0.4 is 0 Å². The molecule has 1 radical (unpaired) electrons. The van der Waals surface area contributed by atoms with Gasteiger partial charge in [-0.3, -0.25) is 0 Å². The second-order valence-corrected chi connectivity index (χ2v) is 2.58. The van der Waals surface area contributed by atoms with Crippen LogP contribution in [0.3, 0.4) is 0 Å². The van der Waals surface area contributed by atoms with Crippen molar-refractivity contribution in [2.45, 2.75) is 19.3 Å². The van der Waals surface area contributed by atoms with Crippen LogP contribution in [0.1, 0.15) is 19.3 Å². The Labute approximate surface area is 60.8 Å². The van der Waals surface area contributed by atoms with Gasteiger partial charge in [-0.2, -0.15) is 0 Å². The molecule has 0 unspecified atom stereocenters. The molecule has 0 aromatic carbocycles. The lowest BCUT2D eigenvalue weighted by molar-refractivity contribution is 0.00865. The lowest BCUT2D eigenvalue weighted by atomic mass is 10.0. The molecule has 2 nitrogen and oxygen atoms in total. The van der Waals surface area contributed by atoms with Crippen molar-refractivity contribution >= 4 is 0 Å². The van der Waals surface area contributed by atoms with Gasteiger partial charge in [0.25, 0.3) is 0 Å². The smallest absolute Gasteiger partial charge is 0.161 e. The van der Waals surface area contributed by atoms with Gasteiger partial charge in [0.2, 0.25) is 0 Å². The van der Waals surface area contributed by atoms with Crippen LogP contribution in [0, 0.1) is 6.10 Å². The molecular weight excluding hydrogens is 128 g/mol. The average Bonchev–Trinajstić information content (AvgIpc) is 2.05. The number of ether oxygens (including phenoxy) is 2. The first-order valence-corrected chi connectivity index (χ1v) is 3.79. The minimum Gasteiger partial charge on any atom is -0.493 e. The minimum absolute atomic E-state index is 0.718. The van der Waals surface area contributed by atoms with Crippen LogP contribution in [0.4, 0.5) is 0 Å². The first-order valence-electron chi connectivity index (χ1n) is 3.79. The van der Waals surface area contributed by atoms with Gasteiger partial charge in [-0.1, -0.05) is 0 Å². The van der Waals surface area contributed by atoms with Gasteiger partial charge in [-0.25, -0.2) is 0 Å². The molecule has 2 rings (SSSR count). The highest BCUT2D eigenvalue weighted by atomic mass is 16.6. The van der Waals surface area contributed by atoms with Crippen molar-refractivity contribution in [3.63, 3.8) is 0 Å². The normalized spacial score (nSPS) is 26.6. The van der Waals surface area contributed by atoms with Crippen molar-refractivity contribution < 1.29 is 9.47 Å². The fourth-order valence-corrected chi connectivity index (χ4v) is 1.33. The molecular formula is C8H11O2. The Morgan fingerprint density at radius 1 is 1.20 bits per heavy atom. The van der Waals surface area contributed by atoms with Gasteiger partial charge in [-0.15, -0.1) is 0 Å². The Kier molecular flexibility index (Phi) is 1.63. The summed E-state index contributed by atoms with van der Waals surface area (Å²) in [5.41, 5.74) is 0. The van der Waals surface area contributed by atoms with E-state index in [2.05, 4.69) is 6.08 Å². The van der Waals surface area contributed by atoms with Gasteiger partial charge in [-0.05, 0) is 25.3 Å². The SMILES string of the molecule is C1=C2OCCO[C]2CCC1. The fourth-order valence-electron chi connectivity index (χ4n) is 1.33. The summed E-state index contributed by atoms with van der Waals surface area (Å²) in [5, 5.41) is 0. The van der Waals surface area contributed by atoms with E-state index in [0.29, 0.717) is 0 Å². The monoisotopic (exact) mass is 139 g/mol. The Bertz CT molecular complexity index is 151. The summed E-state index contributed by atoms with van der Waals surface area (Å²) in [7, 11) is 0. The highest BCUT2D eigenvalue weighted by Gasteiger charge is 2.24. The molecule has 1 fully saturated rings. The molecule has 1 aliphatic carbocycles. The van der Waals surface area contributed by atoms with Crippen molar-refractivity contribution in [2.24, 2.45) is 0 Å².